The zero-order valence-electron chi connectivity index (χ0n) is 9.35. The van der Waals surface area contributed by atoms with Crippen molar-refractivity contribution < 1.29 is 4.74 Å². The number of halogens is 1. The van der Waals surface area contributed by atoms with E-state index in [2.05, 4.69) is 9.97 Å². The number of ether oxygens (including phenoxy) is 1. The van der Waals surface area contributed by atoms with E-state index in [-0.39, 0.29) is 0 Å². The number of nitrogens with zero attached hydrogens (tertiary/aromatic N) is 2. The van der Waals surface area contributed by atoms with E-state index in [0.29, 0.717) is 18.1 Å². The Morgan fingerprint density at radius 2 is 2.00 bits per heavy atom. The van der Waals surface area contributed by atoms with E-state index >= 15 is 0 Å². The standard InChI is InChI=1S/C12H12ClN3O/c1-8-4-10(2-3-11(8)13)17-7-12-15-5-9(14)6-16-12/h2-6H,7,14H2,1H3. The molecular weight excluding hydrogens is 238 g/mol. The number of rotatable bonds is 3. The molecule has 5 heteroatoms. The number of hydrogen-bond donors (Lipinski definition) is 1. The fourth-order valence-corrected chi connectivity index (χ4v) is 1.41. The van der Waals surface area contributed by atoms with Gasteiger partial charge in [-0.3, -0.25) is 0 Å². The molecule has 0 radical (unpaired) electrons. The minimum absolute atomic E-state index is 0.307. The highest BCUT2D eigenvalue weighted by molar-refractivity contribution is 6.31. The second-order valence-electron chi connectivity index (χ2n) is 3.63. The highest BCUT2D eigenvalue weighted by atomic mass is 35.5. The maximum absolute atomic E-state index is 5.92. The molecule has 88 valence electrons. The first-order valence-electron chi connectivity index (χ1n) is 5.10. The van der Waals surface area contributed by atoms with E-state index in [0.717, 1.165) is 16.3 Å². The molecule has 0 saturated carbocycles. The zero-order valence-corrected chi connectivity index (χ0v) is 10.1. The monoisotopic (exact) mass is 249 g/mol. The second-order valence-corrected chi connectivity index (χ2v) is 4.04. The molecule has 0 aliphatic carbocycles. The second kappa shape index (κ2) is 5.01. The number of aryl methyl sites for hydroxylation is 1. The van der Waals surface area contributed by atoms with E-state index in [1.54, 1.807) is 18.5 Å². The molecule has 0 aliphatic heterocycles. The van der Waals surface area contributed by atoms with E-state index < -0.39 is 0 Å². The average molecular weight is 250 g/mol. The lowest BCUT2D eigenvalue weighted by Crippen LogP contribution is -2.02. The third-order valence-electron chi connectivity index (χ3n) is 2.22. The summed E-state index contributed by atoms with van der Waals surface area (Å²) in [7, 11) is 0. The van der Waals surface area contributed by atoms with Crippen LogP contribution in [0.25, 0.3) is 0 Å². The van der Waals surface area contributed by atoms with Crippen molar-refractivity contribution in [3.05, 3.63) is 47.0 Å². The molecule has 1 heterocycles. The lowest BCUT2D eigenvalue weighted by atomic mass is 10.2. The summed E-state index contributed by atoms with van der Waals surface area (Å²) in [6.45, 7) is 2.23. The first-order valence-corrected chi connectivity index (χ1v) is 5.48. The number of aromatic nitrogens is 2. The van der Waals surface area contributed by atoms with Gasteiger partial charge in [0.15, 0.2) is 5.82 Å². The SMILES string of the molecule is Cc1cc(OCc2ncc(N)cn2)ccc1Cl. The van der Waals surface area contributed by atoms with Gasteiger partial charge < -0.3 is 10.5 Å². The van der Waals surface area contributed by atoms with Crippen LogP contribution in [0.2, 0.25) is 5.02 Å². The third kappa shape index (κ3) is 3.07. The third-order valence-corrected chi connectivity index (χ3v) is 2.65. The highest BCUT2D eigenvalue weighted by Gasteiger charge is 2.01. The van der Waals surface area contributed by atoms with E-state index in [1.807, 2.05) is 19.1 Å². The summed E-state index contributed by atoms with van der Waals surface area (Å²) < 4.78 is 5.54. The van der Waals surface area contributed by atoms with Gasteiger partial charge in [0.1, 0.15) is 12.4 Å². The molecule has 0 saturated heterocycles. The Balaban J connectivity index is 2.02. The average Bonchev–Trinajstić information content (AvgIpc) is 2.33. The number of nitrogens with two attached hydrogens (primary N) is 1. The van der Waals surface area contributed by atoms with Crippen molar-refractivity contribution in [3.8, 4) is 5.75 Å². The van der Waals surface area contributed by atoms with Crippen LogP contribution in [0.4, 0.5) is 5.69 Å². The van der Waals surface area contributed by atoms with Crippen LogP contribution in [0.1, 0.15) is 11.4 Å². The Bertz CT molecular complexity index is 514. The maximum Gasteiger partial charge on any atom is 0.166 e. The quantitative estimate of drug-likeness (QED) is 0.908. The molecule has 0 fully saturated rings. The van der Waals surface area contributed by atoms with Crippen LogP contribution in [0.15, 0.2) is 30.6 Å². The van der Waals surface area contributed by atoms with Gasteiger partial charge in [-0.1, -0.05) is 11.6 Å². The van der Waals surface area contributed by atoms with Crippen molar-refractivity contribution in [2.24, 2.45) is 0 Å². The van der Waals surface area contributed by atoms with Crippen LogP contribution < -0.4 is 10.5 Å². The summed E-state index contributed by atoms with van der Waals surface area (Å²) in [6.07, 6.45) is 3.11. The van der Waals surface area contributed by atoms with Crippen LogP contribution in [-0.4, -0.2) is 9.97 Å². The molecule has 1 aromatic heterocycles. The van der Waals surface area contributed by atoms with Gasteiger partial charge >= 0.3 is 0 Å². The molecule has 0 unspecified atom stereocenters. The highest BCUT2D eigenvalue weighted by Crippen LogP contribution is 2.21. The summed E-state index contributed by atoms with van der Waals surface area (Å²) >= 11 is 5.92. The summed E-state index contributed by atoms with van der Waals surface area (Å²) in [4.78, 5) is 8.09. The molecule has 2 N–H and O–H groups in total. The fourth-order valence-electron chi connectivity index (χ4n) is 1.29. The molecule has 4 nitrogen and oxygen atoms in total. The van der Waals surface area contributed by atoms with Crippen molar-refractivity contribution >= 4 is 17.3 Å². The first kappa shape index (κ1) is 11.7. The molecule has 1 aromatic carbocycles. The van der Waals surface area contributed by atoms with Crippen molar-refractivity contribution in [2.45, 2.75) is 13.5 Å². The van der Waals surface area contributed by atoms with Crippen molar-refractivity contribution in [2.75, 3.05) is 5.73 Å². The van der Waals surface area contributed by atoms with E-state index in [4.69, 9.17) is 22.1 Å². The van der Waals surface area contributed by atoms with Crippen LogP contribution in [0.5, 0.6) is 5.75 Å². The molecule has 0 spiro atoms. The van der Waals surface area contributed by atoms with Crippen LogP contribution in [-0.2, 0) is 6.61 Å². The lowest BCUT2D eigenvalue weighted by Gasteiger charge is -2.06. The largest absolute Gasteiger partial charge is 0.486 e. The molecule has 2 aromatic rings. The van der Waals surface area contributed by atoms with Gasteiger partial charge in [-0.05, 0) is 30.7 Å². The van der Waals surface area contributed by atoms with E-state index in [9.17, 15) is 0 Å². The predicted octanol–water partition coefficient (Wildman–Crippen LogP) is 2.60. The summed E-state index contributed by atoms with van der Waals surface area (Å²) in [5, 5.41) is 0.723. The van der Waals surface area contributed by atoms with Gasteiger partial charge in [-0.15, -0.1) is 0 Å². The summed E-state index contributed by atoms with van der Waals surface area (Å²) in [6, 6.07) is 5.49. The summed E-state index contributed by atoms with van der Waals surface area (Å²) in [5.41, 5.74) is 7.00. The Morgan fingerprint density at radius 1 is 1.29 bits per heavy atom. The van der Waals surface area contributed by atoms with Crippen molar-refractivity contribution in [1.82, 2.24) is 9.97 Å². The summed E-state index contributed by atoms with van der Waals surface area (Å²) in [5.74, 6) is 1.33. The van der Waals surface area contributed by atoms with Crippen LogP contribution in [0, 0.1) is 6.92 Å². The molecule has 2 rings (SSSR count). The van der Waals surface area contributed by atoms with Crippen molar-refractivity contribution in [1.29, 1.82) is 0 Å². The minimum atomic E-state index is 0.307. The number of nitrogen functional groups attached to an aromatic ring is 1. The van der Waals surface area contributed by atoms with Gasteiger partial charge in [0.2, 0.25) is 0 Å². The van der Waals surface area contributed by atoms with Gasteiger partial charge in [0.05, 0.1) is 18.1 Å². The van der Waals surface area contributed by atoms with E-state index in [1.165, 1.54) is 0 Å². The Labute approximate surface area is 104 Å². The number of benzene rings is 1. The Morgan fingerprint density at radius 3 is 2.65 bits per heavy atom. The number of anilines is 1. The lowest BCUT2D eigenvalue weighted by molar-refractivity contribution is 0.295. The fraction of sp³-hybridized carbons (Fsp3) is 0.167. The number of hydrogen-bond acceptors (Lipinski definition) is 4. The van der Waals surface area contributed by atoms with Crippen molar-refractivity contribution in [3.63, 3.8) is 0 Å². The molecule has 0 bridgehead atoms. The molecule has 0 atom stereocenters. The van der Waals surface area contributed by atoms with Crippen LogP contribution in [0.3, 0.4) is 0 Å². The van der Waals surface area contributed by atoms with Crippen LogP contribution >= 0.6 is 11.6 Å². The predicted molar refractivity (Wildman–Crippen MR) is 67.0 cm³/mol. The molecule has 17 heavy (non-hydrogen) atoms. The maximum atomic E-state index is 5.92. The Hall–Kier alpha value is -1.81. The smallest absolute Gasteiger partial charge is 0.166 e. The zero-order chi connectivity index (χ0) is 12.3. The van der Waals surface area contributed by atoms with Gasteiger partial charge in [0.25, 0.3) is 0 Å². The Kier molecular flexibility index (Phi) is 3.44. The first-order chi connectivity index (χ1) is 8.15. The van der Waals surface area contributed by atoms with Gasteiger partial charge in [0, 0.05) is 5.02 Å². The normalized spacial score (nSPS) is 10.2. The molecular formula is C12H12ClN3O. The topological polar surface area (TPSA) is 61.0 Å². The minimum Gasteiger partial charge on any atom is -0.486 e. The van der Waals surface area contributed by atoms with Gasteiger partial charge in [-0.25, -0.2) is 9.97 Å². The van der Waals surface area contributed by atoms with Gasteiger partial charge in [-0.2, -0.15) is 0 Å². The molecule has 0 amide bonds. The molecule has 0 aliphatic rings.